The van der Waals surface area contributed by atoms with E-state index in [9.17, 15) is 13.9 Å². The summed E-state index contributed by atoms with van der Waals surface area (Å²) in [5, 5.41) is 12.2. The lowest BCUT2D eigenvalue weighted by molar-refractivity contribution is 0.220. The topological polar surface area (TPSA) is 33.1 Å². The molecular formula is C16H10BrF2NO. The minimum atomic E-state index is -1.07. The molecule has 3 rings (SSSR count). The average Bonchev–Trinajstić information content (AvgIpc) is 2.51. The molecule has 0 spiro atoms. The first-order chi connectivity index (χ1) is 10.1. The molecule has 1 heterocycles. The fraction of sp³-hybridized carbons (Fsp3) is 0.0625. The monoisotopic (exact) mass is 349 g/mol. The van der Waals surface area contributed by atoms with Crippen molar-refractivity contribution in [1.29, 1.82) is 0 Å². The normalized spacial score (nSPS) is 12.6. The number of fused-ring (bicyclic) bond motifs is 1. The first kappa shape index (κ1) is 14.1. The molecule has 5 heteroatoms. The van der Waals surface area contributed by atoms with E-state index in [0.717, 1.165) is 16.8 Å². The van der Waals surface area contributed by atoms with Crippen LogP contribution >= 0.6 is 15.9 Å². The van der Waals surface area contributed by atoms with Crippen LogP contribution in [0.1, 0.15) is 17.2 Å². The Labute approximate surface area is 128 Å². The van der Waals surface area contributed by atoms with Gasteiger partial charge in [0.2, 0.25) is 0 Å². The molecule has 106 valence electrons. The smallest absolute Gasteiger partial charge is 0.173 e. The lowest BCUT2D eigenvalue weighted by Gasteiger charge is -2.16. The quantitative estimate of drug-likeness (QED) is 0.697. The van der Waals surface area contributed by atoms with Crippen LogP contribution in [0.2, 0.25) is 0 Å². The van der Waals surface area contributed by atoms with E-state index in [1.54, 1.807) is 30.6 Å². The number of hydrogen-bond acceptors (Lipinski definition) is 2. The second-order valence-electron chi connectivity index (χ2n) is 4.61. The molecule has 1 atom stereocenters. The van der Waals surface area contributed by atoms with Gasteiger partial charge in [-0.3, -0.25) is 4.98 Å². The Kier molecular flexibility index (Phi) is 3.69. The second kappa shape index (κ2) is 5.50. The molecule has 0 aliphatic heterocycles. The highest BCUT2D eigenvalue weighted by molar-refractivity contribution is 9.10. The fourth-order valence-electron chi connectivity index (χ4n) is 2.31. The maximum absolute atomic E-state index is 13.6. The summed E-state index contributed by atoms with van der Waals surface area (Å²) in [5.41, 5.74) is 0.889. The van der Waals surface area contributed by atoms with Crippen LogP contribution < -0.4 is 0 Å². The molecule has 1 N–H and O–H groups in total. The van der Waals surface area contributed by atoms with Crippen LogP contribution in [0.3, 0.4) is 0 Å². The third-order valence-corrected chi connectivity index (χ3v) is 4.17. The Morgan fingerprint density at radius 1 is 1.05 bits per heavy atom. The Hall–Kier alpha value is -1.85. The minimum absolute atomic E-state index is 0.0685. The Bertz CT molecular complexity index is 817. The lowest BCUT2D eigenvalue weighted by atomic mass is 9.96. The number of halogens is 3. The zero-order chi connectivity index (χ0) is 15.0. The first-order valence-electron chi connectivity index (χ1n) is 6.23. The number of nitrogens with zero attached hydrogens (tertiary/aromatic N) is 1. The zero-order valence-electron chi connectivity index (χ0n) is 10.7. The second-order valence-corrected chi connectivity index (χ2v) is 5.40. The predicted octanol–water partition coefficient (Wildman–Crippen LogP) is 4.36. The molecule has 2 aromatic carbocycles. The summed E-state index contributed by atoms with van der Waals surface area (Å²) in [5.74, 6) is -1.96. The molecule has 0 saturated carbocycles. The highest BCUT2D eigenvalue weighted by Gasteiger charge is 2.20. The van der Waals surface area contributed by atoms with Crippen LogP contribution in [0.5, 0.6) is 0 Å². The summed E-state index contributed by atoms with van der Waals surface area (Å²) in [6.45, 7) is 0. The van der Waals surface area contributed by atoms with Crippen molar-refractivity contribution in [3.63, 3.8) is 0 Å². The highest BCUT2D eigenvalue weighted by atomic mass is 79.9. The number of aromatic nitrogens is 1. The standard InChI is InChI=1S/C16H10BrF2NO/c17-14-12(4-5-13(18)15(14)19)16(21)11-3-1-2-9-8-20-7-6-10(9)11/h1-8,16,21H. The maximum Gasteiger partial charge on any atom is 0.173 e. The van der Waals surface area contributed by atoms with Crippen LogP contribution in [0.4, 0.5) is 8.78 Å². The van der Waals surface area contributed by atoms with E-state index in [0.29, 0.717) is 5.56 Å². The molecular weight excluding hydrogens is 340 g/mol. The van der Waals surface area contributed by atoms with Gasteiger partial charge in [-0.05, 0) is 39.0 Å². The Balaban J connectivity index is 2.17. The number of rotatable bonds is 2. The van der Waals surface area contributed by atoms with Gasteiger partial charge in [0, 0.05) is 23.3 Å². The van der Waals surface area contributed by atoms with Gasteiger partial charge < -0.3 is 5.11 Å². The van der Waals surface area contributed by atoms with Crippen molar-refractivity contribution in [1.82, 2.24) is 4.98 Å². The number of aliphatic hydroxyl groups excluding tert-OH is 1. The third kappa shape index (κ3) is 2.43. The summed E-state index contributed by atoms with van der Waals surface area (Å²) in [7, 11) is 0. The molecule has 21 heavy (non-hydrogen) atoms. The van der Waals surface area contributed by atoms with Crippen molar-refractivity contribution in [3.8, 4) is 0 Å². The summed E-state index contributed by atoms with van der Waals surface area (Å²) >= 11 is 3.01. The molecule has 0 aliphatic rings. The van der Waals surface area contributed by atoms with Gasteiger partial charge in [0.25, 0.3) is 0 Å². The van der Waals surface area contributed by atoms with Gasteiger partial charge in [-0.1, -0.05) is 24.3 Å². The molecule has 1 unspecified atom stereocenters. The average molecular weight is 350 g/mol. The van der Waals surface area contributed by atoms with E-state index in [2.05, 4.69) is 20.9 Å². The lowest BCUT2D eigenvalue weighted by Crippen LogP contribution is -2.04. The van der Waals surface area contributed by atoms with E-state index in [1.165, 1.54) is 6.07 Å². The molecule has 2 nitrogen and oxygen atoms in total. The van der Waals surface area contributed by atoms with Gasteiger partial charge in [-0.2, -0.15) is 0 Å². The van der Waals surface area contributed by atoms with Crippen molar-refractivity contribution >= 4 is 26.7 Å². The summed E-state index contributed by atoms with van der Waals surface area (Å²) in [6, 6.07) is 9.57. The number of benzene rings is 2. The minimum Gasteiger partial charge on any atom is -0.384 e. The van der Waals surface area contributed by atoms with Gasteiger partial charge in [0.1, 0.15) is 6.10 Å². The molecule has 1 aromatic heterocycles. The zero-order valence-corrected chi connectivity index (χ0v) is 12.3. The van der Waals surface area contributed by atoms with Crippen molar-refractivity contribution in [3.05, 3.63) is 76.0 Å². The van der Waals surface area contributed by atoms with Crippen molar-refractivity contribution in [2.75, 3.05) is 0 Å². The van der Waals surface area contributed by atoms with E-state index in [4.69, 9.17) is 0 Å². The molecule has 0 fully saturated rings. The number of hydrogen-bond donors (Lipinski definition) is 1. The van der Waals surface area contributed by atoms with Gasteiger partial charge in [-0.15, -0.1) is 0 Å². The maximum atomic E-state index is 13.6. The molecule has 0 aliphatic carbocycles. The van der Waals surface area contributed by atoms with Crippen molar-refractivity contribution < 1.29 is 13.9 Å². The fourth-order valence-corrected chi connectivity index (χ4v) is 2.84. The number of pyridine rings is 1. The largest absolute Gasteiger partial charge is 0.384 e. The molecule has 0 radical (unpaired) electrons. The van der Waals surface area contributed by atoms with Crippen molar-refractivity contribution in [2.24, 2.45) is 0 Å². The van der Waals surface area contributed by atoms with Crippen LogP contribution in [0.15, 0.2) is 53.3 Å². The molecule has 0 bridgehead atoms. The van der Waals surface area contributed by atoms with E-state index in [-0.39, 0.29) is 10.0 Å². The first-order valence-corrected chi connectivity index (χ1v) is 7.03. The van der Waals surface area contributed by atoms with Gasteiger partial charge in [-0.25, -0.2) is 8.78 Å². The van der Waals surface area contributed by atoms with E-state index in [1.807, 2.05) is 6.07 Å². The van der Waals surface area contributed by atoms with Crippen molar-refractivity contribution in [2.45, 2.75) is 6.10 Å². The summed E-state index contributed by atoms with van der Waals surface area (Å²) in [4.78, 5) is 4.03. The molecule has 3 aromatic rings. The highest BCUT2D eigenvalue weighted by Crippen LogP contribution is 2.34. The van der Waals surface area contributed by atoms with Crippen LogP contribution in [0, 0.1) is 11.6 Å². The third-order valence-electron chi connectivity index (χ3n) is 3.37. The van der Waals surface area contributed by atoms with Gasteiger partial charge in [0.05, 0.1) is 4.47 Å². The van der Waals surface area contributed by atoms with E-state index >= 15 is 0 Å². The van der Waals surface area contributed by atoms with Gasteiger partial charge in [0.15, 0.2) is 11.6 Å². The van der Waals surface area contributed by atoms with Crippen LogP contribution in [0.25, 0.3) is 10.8 Å². The summed E-state index contributed by atoms with van der Waals surface area (Å²) in [6.07, 6.45) is 2.24. The van der Waals surface area contributed by atoms with Crippen LogP contribution in [-0.2, 0) is 0 Å². The predicted molar refractivity (Wildman–Crippen MR) is 79.9 cm³/mol. The van der Waals surface area contributed by atoms with Crippen LogP contribution in [-0.4, -0.2) is 10.1 Å². The molecule has 0 amide bonds. The van der Waals surface area contributed by atoms with E-state index < -0.39 is 17.7 Å². The Morgan fingerprint density at radius 3 is 2.67 bits per heavy atom. The molecule has 0 saturated heterocycles. The Morgan fingerprint density at radius 2 is 1.86 bits per heavy atom. The SMILES string of the molecule is OC(c1ccc(F)c(F)c1Br)c1cccc2cnccc12. The number of aliphatic hydroxyl groups is 1. The van der Waals surface area contributed by atoms with Gasteiger partial charge >= 0.3 is 0 Å². The summed E-state index contributed by atoms with van der Waals surface area (Å²) < 4.78 is 26.8.